The van der Waals surface area contributed by atoms with Gasteiger partial charge in [0.05, 0.1) is 10.3 Å². The summed E-state index contributed by atoms with van der Waals surface area (Å²) in [6.07, 6.45) is 4.44. The van der Waals surface area contributed by atoms with E-state index < -0.39 is 16.2 Å². The first-order chi connectivity index (χ1) is 11.7. The first kappa shape index (κ1) is 17.3. The molecule has 134 valence electrons. The Morgan fingerprint density at radius 2 is 1.88 bits per heavy atom. The minimum absolute atomic E-state index is 0.0757. The van der Waals surface area contributed by atoms with Gasteiger partial charge in [0.25, 0.3) is 11.2 Å². The summed E-state index contributed by atoms with van der Waals surface area (Å²) in [6, 6.07) is 0.997. The summed E-state index contributed by atoms with van der Waals surface area (Å²) in [4.78, 5) is 41.9. The number of aromatic amines is 1. The molecule has 0 aromatic carbocycles. The second-order valence-electron chi connectivity index (χ2n) is 7.82. The molecule has 0 spiro atoms. The zero-order chi connectivity index (χ0) is 18.4. The van der Waals surface area contributed by atoms with Crippen molar-refractivity contribution in [3.05, 3.63) is 43.2 Å². The van der Waals surface area contributed by atoms with E-state index >= 15 is 0 Å². The van der Waals surface area contributed by atoms with Gasteiger partial charge in [-0.25, -0.2) is 9.78 Å². The van der Waals surface area contributed by atoms with Crippen molar-refractivity contribution in [2.75, 3.05) is 0 Å². The normalized spacial score (nSPS) is 21.4. The smallest absolute Gasteiger partial charge is 0.291 e. The second-order valence-corrected chi connectivity index (χ2v) is 7.82. The Morgan fingerprint density at radius 1 is 1.24 bits per heavy atom. The van der Waals surface area contributed by atoms with Crippen LogP contribution in [0.5, 0.6) is 0 Å². The van der Waals surface area contributed by atoms with Gasteiger partial charge in [-0.15, -0.1) is 0 Å². The van der Waals surface area contributed by atoms with Crippen LogP contribution in [0.1, 0.15) is 52.5 Å². The van der Waals surface area contributed by atoms with Crippen LogP contribution in [-0.4, -0.2) is 19.5 Å². The minimum atomic E-state index is -0.601. The molecule has 0 radical (unpaired) electrons. The van der Waals surface area contributed by atoms with Crippen LogP contribution in [0.3, 0.4) is 0 Å². The number of nitro groups is 1. The summed E-state index contributed by atoms with van der Waals surface area (Å²) in [5, 5.41) is 11.0. The lowest BCUT2D eigenvalue weighted by molar-refractivity contribution is -0.385. The Bertz CT molecular complexity index is 930. The molecule has 0 aliphatic heterocycles. The predicted octanol–water partition coefficient (Wildman–Crippen LogP) is 2.77. The average molecular weight is 346 g/mol. The van der Waals surface area contributed by atoms with Crippen molar-refractivity contribution in [2.24, 2.45) is 11.3 Å². The molecule has 1 aliphatic carbocycles. The first-order valence-electron chi connectivity index (χ1n) is 8.47. The SMILES string of the molecule is CC(C)(C)C1CCC(n2c(=O)[nH]c3ncc([N+](=O)[O-])cc3c2=O)CC1. The number of pyridine rings is 1. The molecule has 8 heteroatoms. The average Bonchev–Trinajstić information content (AvgIpc) is 2.54. The van der Waals surface area contributed by atoms with Crippen LogP contribution in [0, 0.1) is 21.4 Å². The number of nitrogens with zero attached hydrogens (tertiary/aromatic N) is 3. The number of rotatable bonds is 2. The standard InChI is InChI=1S/C17H22N4O4/c1-17(2,3)10-4-6-11(7-5-10)20-15(22)13-8-12(21(24)25)9-18-14(13)19-16(20)23/h8-11H,4-7H2,1-3H3,(H,18,19,23). The fourth-order valence-electron chi connectivity index (χ4n) is 3.73. The van der Waals surface area contributed by atoms with Gasteiger partial charge in [0.2, 0.25) is 0 Å². The van der Waals surface area contributed by atoms with Gasteiger partial charge in [0.15, 0.2) is 0 Å². The van der Waals surface area contributed by atoms with E-state index in [-0.39, 0.29) is 28.2 Å². The molecular weight excluding hydrogens is 324 g/mol. The van der Waals surface area contributed by atoms with Gasteiger partial charge in [-0.3, -0.25) is 24.5 Å². The van der Waals surface area contributed by atoms with Crippen LogP contribution in [0.2, 0.25) is 0 Å². The number of fused-ring (bicyclic) bond motifs is 1. The Balaban J connectivity index is 2.01. The lowest BCUT2D eigenvalue weighted by Crippen LogP contribution is -2.40. The molecule has 0 amide bonds. The van der Waals surface area contributed by atoms with Crippen molar-refractivity contribution in [2.45, 2.75) is 52.5 Å². The van der Waals surface area contributed by atoms with Gasteiger partial charge in [0.1, 0.15) is 11.8 Å². The van der Waals surface area contributed by atoms with Gasteiger partial charge in [0, 0.05) is 12.1 Å². The maximum absolute atomic E-state index is 12.8. The molecule has 0 bridgehead atoms. The quantitative estimate of drug-likeness (QED) is 0.664. The highest BCUT2D eigenvalue weighted by Crippen LogP contribution is 2.40. The van der Waals surface area contributed by atoms with Crippen molar-refractivity contribution in [3.63, 3.8) is 0 Å². The van der Waals surface area contributed by atoms with Crippen LogP contribution < -0.4 is 11.2 Å². The Morgan fingerprint density at radius 3 is 2.44 bits per heavy atom. The van der Waals surface area contributed by atoms with E-state index in [1.165, 1.54) is 10.6 Å². The number of hydrogen-bond donors (Lipinski definition) is 1. The Labute approximate surface area is 144 Å². The zero-order valence-electron chi connectivity index (χ0n) is 14.6. The first-order valence-corrected chi connectivity index (χ1v) is 8.47. The third-order valence-corrected chi connectivity index (χ3v) is 5.26. The van der Waals surface area contributed by atoms with Crippen LogP contribution in [-0.2, 0) is 0 Å². The molecule has 8 nitrogen and oxygen atoms in total. The lowest BCUT2D eigenvalue weighted by Gasteiger charge is -2.37. The van der Waals surface area contributed by atoms with E-state index in [0.29, 0.717) is 5.92 Å². The Kier molecular flexibility index (Phi) is 4.22. The predicted molar refractivity (Wildman–Crippen MR) is 93.7 cm³/mol. The summed E-state index contributed by atoms with van der Waals surface area (Å²) in [5.41, 5.74) is -0.983. The fraction of sp³-hybridized carbons (Fsp3) is 0.588. The molecule has 2 heterocycles. The van der Waals surface area contributed by atoms with Crippen molar-refractivity contribution in [3.8, 4) is 0 Å². The fourth-order valence-corrected chi connectivity index (χ4v) is 3.73. The van der Waals surface area contributed by atoms with Crippen molar-refractivity contribution in [1.29, 1.82) is 0 Å². The van der Waals surface area contributed by atoms with Gasteiger partial charge in [-0.2, -0.15) is 0 Å². The molecule has 1 saturated carbocycles. The number of hydrogen-bond acceptors (Lipinski definition) is 5. The van der Waals surface area contributed by atoms with E-state index in [1.807, 2.05) is 0 Å². The van der Waals surface area contributed by atoms with Crippen LogP contribution in [0.25, 0.3) is 11.0 Å². The summed E-state index contributed by atoms with van der Waals surface area (Å²) in [7, 11) is 0. The van der Waals surface area contributed by atoms with Gasteiger partial charge in [-0.1, -0.05) is 20.8 Å². The van der Waals surface area contributed by atoms with E-state index in [4.69, 9.17) is 0 Å². The molecule has 0 unspecified atom stereocenters. The molecule has 1 N–H and O–H groups in total. The topological polar surface area (TPSA) is 111 Å². The van der Waals surface area contributed by atoms with Crippen LogP contribution >= 0.6 is 0 Å². The molecule has 3 rings (SSSR count). The number of aromatic nitrogens is 3. The third kappa shape index (κ3) is 3.20. The largest absolute Gasteiger partial charge is 0.330 e. The van der Waals surface area contributed by atoms with Crippen molar-refractivity contribution in [1.82, 2.24) is 14.5 Å². The number of nitrogens with one attached hydrogen (secondary N) is 1. The monoisotopic (exact) mass is 346 g/mol. The summed E-state index contributed by atoms with van der Waals surface area (Å²) in [6.45, 7) is 6.62. The highest BCUT2D eigenvalue weighted by Gasteiger charge is 2.31. The molecular formula is C17H22N4O4. The summed E-state index contributed by atoms with van der Waals surface area (Å²) >= 11 is 0. The Hall–Kier alpha value is -2.51. The zero-order valence-corrected chi connectivity index (χ0v) is 14.6. The molecule has 0 atom stereocenters. The van der Waals surface area contributed by atoms with E-state index in [0.717, 1.165) is 31.9 Å². The third-order valence-electron chi connectivity index (χ3n) is 5.26. The highest BCUT2D eigenvalue weighted by molar-refractivity contribution is 5.75. The highest BCUT2D eigenvalue weighted by atomic mass is 16.6. The second kappa shape index (κ2) is 6.09. The van der Waals surface area contributed by atoms with Gasteiger partial charge < -0.3 is 0 Å². The summed E-state index contributed by atoms with van der Waals surface area (Å²) < 4.78 is 1.21. The molecule has 1 fully saturated rings. The summed E-state index contributed by atoms with van der Waals surface area (Å²) in [5.74, 6) is 0.557. The van der Waals surface area contributed by atoms with E-state index in [9.17, 15) is 19.7 Å². The number of H-pyrrole nitrogens is 1. The van der Waals surface area contributed by atoms with Gasteiger partial charge >= 0.3 is 5.69 Å². The molecule has 2 aromatic heterocycles. The molecule has 0 saturated heterocycles. The maximum atomic E-state index is 12.8. The van der Waals surface area contributed by atoms with Crippen molar-refractivity contribution >= 4 is 16.7 Å². The van der Waals surface area contributed by atoms with Crippen LogP contribution in [0.4, 0.5) is 5.69 Å². The van der Waals surface area contributed by atoms with Gasteiger partial charge in [-0.05, 0) is 37.0 Å². The van der Waals surface area contributed by atoms with Crippen LogP contribution in [0.15, 0.2) is 21.9 Å². The molecule has 2 aromatic rings. The lowest BCUT2D eigenvalue weighted by atomic mass is 9.71. The van der Waals surface area contributed by atoms with Crippen molar-refractivity contribution < 1.29 is 4.92 Å². The molecule has 25 heavy (non-hydrogen) atoms. The van der Waals surface area contributed by atoms with E-state index in [1.54, 1.807) is 0 Å². The van der Waals surface area contributed by atoms with E-state index in [2.05, 4.69) is 30.7 Å². The minimum Gasteiger partial charge on any atom is -0.291 e. The maximum Gasteiger partial charge on any atom is 0.330 e. The molecule has 1 aliphatic rings.